The number of aromatic nitrogens is 2. The number of nitriles is 1. The van der Waals surface area contributed by atoms with Gasteiger partial charge in [0.2, 0.25) is 0 Å². The largest absolute Gasteiger partial charge is 0.494 e. The average molecular weight is 374 g/mol. The van der Waals surface area contributed by atoms with Gasteiger partial charge in [-0.2, -0.15) is 10.4 Å². The summed E-state index contributed by atoms with van der Waals surface area (Å²) in [4.78, 5) is 0. The van der Waals surface area contributed by atoms with Crippen molar-refractivity contribution in [1.29, 1.82) is 5.26 Å². The minimum absolute atomic E-state index is 0.524. The minimum Gasteiger partial charge on any atom is -0.494 e. The highest BCUT2D eigenvalue weighted by molar-refractivity contribution is 5.37. The zero-order valence-corrected chi connectivity index (χ0v) is 16.5. The van der Waals surface area contributed by atoms with E-state index >= 15 is 0 Å². The van der Waals surface area contributed by atoms with Gasteiger partial charge in [-0.05, 0) is 50.1 Å². The molecule has 0 unspecified atom stereocenters. The lowest BCUT2D eigenvalue weighted by molar-refractivity contribution is 0.312. The Morgan fingerprint density at radius 1 is 1.07 bits per heavy atom. The lowest BCUT2D eigenvalue weighted by atomic mass is 10.1. The summed E-state index contributed by atoms with van der Waals surface area (Å²) in [6, 6.07) is 20.4. The summed E-state index contributed by atoms with van der Waals surface area (Å²) in [7, 11) is 0. The highest BCUT2D eigenvalue weighted by Gasteiger charge is 2.12. The third-order valence-corrected chi connectivity index (χ3v) is 4.67. The van der Waals surface area contributed by atoms with Crippen molar-refractivity contribution in [3.05, 3.63) is 77.1 Å². The summed E-state index contributed by atoms with van der Waals surface area (Å²) in [5.41, 5.74) is 5.68. The van der Waals surface area contributed by atoms with E-state index in [4.69, 9.17) is 15.1 Å². The zero-order valence-electron chi connectivity index (χ0n) is 16.5. The lowest BCUT2D eigenvalue weighted by Gasteiger charge is -2.09. The Morgan fingerprint density at radius 3 is 2.68 bits per heavy atom. The molecule has 0 saturated heterocycles. The number of hydrogen-bond acceptors (Lipinski definition) is 4. The number of ether oxygens (including phenoxy) is 1. The molecule has 5 heteroatoms. The van der Waals surface area contributed by atoms with E-state index in [0.29, 0.717) is 13.0 Å². The van der Waals surface area contributed by atoms with Crippen molar-refractivity contribution in [2.24, 2.45) is 0 Å². The monoisotopic (exact) mass is 374 g/mol. The summed E-state index contributed by atoms with van der Waals surface area (Å²) in [6.07, 6.45) is 1.28. The molecule has 144 valence electrons. The quantitative estimate of drug-likeness (QED) is 0.562. The third kappa shape index (κ3) is 4.99. The first-order chi connectivity index (χ1) is 13.7. The van der Waals surface area contributed by atoms with Crippen LogP contribution in [0.25, 0.3) is 5.69 Å². The van der Waals surface area contributed by atoms with E-state index in [1.54, 1.807) is 0 Å². The van der Waals surface area contributed by atoms with E-state index < -0.39 is 0 Å². The SMILES string of the molecule is Cc1nn(-c2ccccc2)c(C)c1CNCc1cccc(OCCCC#N)c1. The van der Waals surface area contributed by atoms with Crippen molar-refractivity contribution >= 4 is 0 Å². The second-order valence-corrected chi connectivity index (χ2v) is 6.76. The number of nitrogens with zero attached hydrogens (tertiary/aromatic N) is 3. The predicted molar refractivity (Wildman–Crippen MR) is 110 cm³/mol. The molecule has 5 nitrogen and oxygen atoms in total. The van der Waals surface area contributed by atoms with Crippen LogP contribution in [-0.4, -0.2) is 16.4 Å². The zero-order chi connectivity index (χ0) is 19.8. The van der Waals surface area contributed by atoms with Crippen LogP contribution < -0.4 is 10.1 Å². The average Bonchev–Trinajstić information content (AvgIpc) is 3.00. The van der Waals surface area contributed by atoms with Gasteiger partial charge in [0.1, 0.15) is 5.75 Å². The van der Waals surface area contributed by atoms with Gasteiger partial charge in [-0.3, -0.25) is 0 Å². The van der Waals surface area contributed by atoms with E-state index in [9.17, 15) is 0 Å². The summed E-state index contributed by atoms with van der Waals surface area (Å²) in [5.74, 6) is 0.849. The Labute approximate surface area is 166 Å². The number of para-hydroxylation sites is 1. The molecule has 0 bridgehead atoms. The van der Waals surface area contributed by atoms with Crippen LogP contribution in [-0.2, 0) is 13.1 Å². The molecule has 0 amide bonds. The van der Waals surface area contributed by atoms with Crippen LogP contribution in [0.3, 0.4) is 0 Å². The second-order valence-electron chi connectivity index (χ2n) is 6.76. The molecular formula is C23H26N4O. The lowest BCUT2D eigenvalue weighted by Crippen LogP contribution is -2.14. The molecule has 3 aromatic rings. The number of unbranched alkanes of at least 4 members (excludes halogenated alkanes) is 1. The highest BCUT2D eigenvalue weighted by Crippen LogP contribution is 2.18. The highest BCUT2D eigenvalue weighted by atomic mass is 16.5. The number of rotatable bonds is 9. The number of hydrogen-bond donors (Lipinski definition) is 1. The normalized spacial score (nSPS) is 10.6. The molecule has 0 fully saturated rings. The summed E-state index contributed by atoms with van der Waals surface area (Å²) in [6.45, 7) is 6.25. The molecule has 0 aliphatic rings. The maximum absolute atomic E-state index is 8.58. The standard InChI is InChI=1S/C23H26N4O/c1-18-23(19(2)27(26-18)21-10-4-3-5-11-21)17-25-16-20-9-8-12-22(15-20)28-14-7-6-13-24/h3-5,8-12,15,25H,6-7,14,16-17H2,1-2H3. The molecule has 0 aliphatic heterocycles. The predicted octanol–water partition coefficient (Wildman–Crippen LogP) is 4.46. The van der Waals surface area contributed by atoms with Gasteiger partial charge in [0.25, 0.3) is 0 Å². The van der Waals surface area contributed by atoms with E-state index in [1.807, 2.05) is 41.1 Å². The Bertz CT molecular complexity index is 941. The Kier molecular flexibility index (Phi) is 6.83. The van der Waals surface area contributed by atoms with E-state index in [0.717, 1.165) is 42.3 Å². The Morgan fingerprint density at radius 2 is 1.89 bits per heavy atom. The molecule has 1 heterocycles. The van der Waals surface area contributed by atoms with E-state index in [-0.39, 0.29) is 0 Å². The van der Waals surface area contributed by atoms with Gasteiger partial charge in [0.05, 0.1) is 24.1 Å². The number of benzene rings is 2. The molecule has 0 saturated carbocycles. The Hall–Kier alpha value is -3.10. The topological polar surface area (TPSA) is 62.9 Å². The van der Waals surface area contributed by atoms with Crippen molar-refractivity contribution in [3.8, 4) is 17.5 Å². The number of aryl methyl sites for hydroxylation is 1. The molecule has 28 heavy (non-hydrogen) atoms. The van der Waals surface area contributed by atoms with Gasteiger partial charge in [0.15, 0.2) is 0 Å². The van der Waals surface area contributed by atoms with Crippen molar-refractivity contribution in [1.82, 2.24) is 15.1 Å². The van der Waals surface area contributed by atoms with E-state index in [1.165, 1.54) is 11.1 Å². The van der Waals surface area contributed by atoms with Crippen LogP contribution in [0.5, 0.6) is 5.75 Å². The summed E-state index contributed by atoms with van der Waals surface area (Å²) >= 11 is 0. The van der Waals surface area contributed by atoms with Crippen molar-refractivity contribution in [2.75, 3.05) is 6.61 Å². The first-order valence-corrected chi connectivity index (χ1v) is 9.59. The van der Waals surface area contributed by atoms with Crippen LogP contribution >= 0.6 is 0 Å². The number of nitrogens with one attached hydrogen (secondary N) is 1. The molecule has 0 spiro atoms. The van der Waals surface area contributed by atoms with Gasteiger partial charge in [-0.15, -0.1) is 0 Å². The van der Waals surface area contributed by atoms with Gasteiger partial charge in [-0.1, -0.05) is 30.3 Å². The van der Waals surface area contributed by atoms with Gasteiger partial charge < -0.3 is 10.1 Å². The second kappa shape index (κ2) is 9.72. The first-order valence-electron chi connectivity index (χ1n) is 9.59. The van der Waals surface area contributed by atoms with Crippen LogP contribution in [0, 0.1) is 25.2 Å². The van der Waals surface area contributed by atoms with Crippen molar-refractivity contribution in [2.45, 2.75) is 39.8 Å². The van der Waals surface area contributed by atoms with Crippen molar-refractivity contribution in [3.63, 3.8) is 0 Å². The maximum Gasteiger partial charge on any atom is 0.119 e. The van der Waals surface area contributed by atoms with E-state index in [2.05, 4.69) is 43.4 Å². The minimum atomic E-state index is 0.524. The van der Waals surface area contributed by atoms with Gasteiger partial charge in [-0.25, -0.2) is 4.68 Å². The summed E-state index contributed by atoms with van der Waals surface area (Å²) < 4.78 is 7.71. The molecule has 0 atom stereocenters. The van der Waals surface area contributed by atoms with Crippen molar-refractivity contribution < 1.29 is 4.74 Å². The maximum atomic E-state index is 8.58. The fourth-order valence-electron chi connectivity index (χ4n) is 3.17. The Balaban J connectivity index is 1.58. The fraction of sp³-hybridized carbons (Fsp3) is 0.304. The molecule has 2 aromatic carbocycles. The molecule has 1 aromatic heterocycles. The third-order valence-electron chi connectivity index (χ3n) is 4.67. The first kappa shape index (κ1) is 19.7. The smallest absolute Gasteiger partial charge is 0.119 e. The van der Waals surface area contributed by atoms with Gasteiger partial charge >= 0.3 is 0 Å². The van der Waals surface area contributed by atoms with Crippen LogP contribution in [0.1, 0.15) is 35.4 Å². The van der Waals surface area contributed by atoms with Crippen LogP contribution in [0.15, 0.2) is 54.6 Å². The molecular weight excluding hydrogens is 348 g/mol. The molecule has 0 aliphatic carbocycles. The summed E-state index contributed by atoms with van der Waals surface area (Å²) in [5, 5.41) is 16.8. The fourth-order valence-corrected chi connectivity index (χ4v) is 3.17. The van der Waals surface area contributed by atoms with Crippen LogP contribution in [0.2, 0.25) is 0 Å². The molecule has 1 N–H and O–H groups in total. The molecule has 3 rings (SSSR count). The molecule has 0 radical (unpaired) electrons. The van der Waals surface area contributed by atoms with Gasteiger partial charge in [0, 0.05) is 30.8 Å². The van der Waals surface area contributed by atoms with Crippen LogP contribution in [0.4, 0.5) is 0 Å².